The van der Waals surface area contributed by atoms with E-state index in [4.69, 9.17) is 51.1 Å². The van der Waals surface area contributed by atoms with Crippen molar-refractivity contribution in [3.05, 3.63) is 50.4 Å². The zero-order valence-electron chi connectivity index (χ0n) is 13.6. The first-order valence-electron chi connectivity index (χ1n) is 7.63. The number of methoxy groups -OCH3 is 1. The fourth-order valence-corrected chi connectivity index (χ4v) is 3.97. The number of benzene rings is 2. The van der Waals surface area contributed by atoms with Crippen molar-refractivity contribution in [1.82, 2.24) is 0 Å². The predicted molar refractivity (Wildman–Crippen MR) is 104 cm³/mol. The van der Waals surface area contributed by atoms with Crippen molar-refractivity contribution < 1.29 is 14.3 Å². The minimum absolute atomic E-state index is 0.0757. The minimum Gasteiger partial charge on any atom is -0.384 e. The first-order valence-corrected chi connectivity index (χ1v) is 9.15. The molecule has 2 aromatic rings. The van der Waals surface area contributed by atoms with Gasteiger partial charge in [0.25, 0.3) is 0 Å². The molecule has 3 rings (SSSR count). The highest BCUT2D eigenvalue weighted by Gasteiger charge is 2.40. The Hall–Kier alpha value is -1.30. The van der Waals surface area contributed by atoms with Gasteiger partial charge in [0.1, 0.15) is 0 Å². The van der Waals surface area contributed by atoms with Crippen LogP contribution in [-0.4, -0.2) is 25.5 Å². The fourth-order valence-electron chi connectivity index (χ4n) is 2.92. The standard InChI is InChI=1S/C18H13Cl4NO3/c1-26-8-10-6-15(24)23(18(10)25)14-3-2-13(16(21)17(14)22)9-4-11(19)7-12(20)5-9/h2-5,7,10H,6,8H2,1H3. The lowest BCUT2D eigenvalue weighted by atomic mass is 10.0. The van der Waals surface area contributed by atoms with Gasteiger partial charge in [0, 0.05) is 29.1 Å². The maximum absolute atomic E-state index is 12.5. The SMILES string of the molecule is COCC1CC(=O)N(c2ccc(-c3cc(Cl)cc(Cl)c3)c(Cl)c2Cl)C1=O. The number of hydrogen-bond donors (Lipinski definition) is 0. The lowest BCUT2D eigenvalue weighted by Gasteiger charge is -2.19. The molecule has 1 atom stereocenters. The van der Waals surface area contributed by atoms with E-state index in [2.05, 4.69) is 0 Å². The molecule has 2 amide bonds. The van der Waals surface area contributed by atoms with E-state index in [9.17, 15) is 9.59 Å². The van der Waals surface area contributed by atoms with Gasteiger partial charge in [-0.1, -0.05) is 52.5 Å². The quantitative estimate of drug-likeness (QED) is 0.599. The van der Waals surface area contributed by atoms with Gasteiger partial charge < -0.3 is 4.74 Å². The minimum atomic E-state index is -0.520. The first-order chi connectivity index (χ1) is 12.3. The summed E-state index contributed by atoms with van der Waals surface area (Å²) in [4.78, 5) is 25.9. The second kappa shape index (κ2) is 7.75. The fraction of sp³-hybridized carbons (Fsp3) is 0.222. The lowest BCUT2D eigenvalue weighted by Crippen LogP contribution is -2.31. The summed E-state index contributed by atoms with van der Waals surface area (Å²) in [5.74, 6) is -1.21. The molecule has 0 radical (unpaired) electrons. The number of carbonyl (C=O) groups excluding carboxylic acids is 2. The highest BCUT2D eigenvalue weighted by Crippen LogP contribution is 2.42. The van der Waals surface area contributed by atoms with Crippen molar-refractivity contribution in [3.8, 4) is 11.1 Å². The molecule has 136 valence electrons. The number of nitrogens with zero attached hydrogens (tertiary/aromatic N) is 1. The summed E-state index contributed by atoms with van der Waals surface area (Å²) in [6.45, 7) is 0.172. The molecule has 1 aliphatic rings. The third kappa shape index (κ3) is 3.57. The zero-order valence-corrected chi connectivity index (χ0v) is 16.6. The monoisotopic (exact) mass is 431 g/mol. The molecule has 0 aromatic heterocycles. The molecule has 26 heavy (non-hydrogen) atoms. The number of imide groups is 1. The Kier molecular flexibility index (Phi) is 5.80. The number of hydrogen-bond acceptors (Lipinski definition) is 3. The summed E-state index contributed by atoms with van der Waals surface area (Å²) in [6, 6.07) is 8.27. The van der Waals surface area contributed by atoms with E-state index in [1.807, 2.05) is 0 Å². The number of ether oxygens (including phenoxy) is 1. The summed E-state index contributed by atoms with van der Waals surface area (Å²) in [5, 5.41) is 1.23. The second-order valence-corrected chi connectivity index (χ2v) is 7.47. The Morgan fingerprint density at radius 1 is 1.04 bits per heavy atom. The van der Waals surface area contributed by atoms with Crippen LogP contribution in [0.5, 0.6) is 0 Å². The van der Waals surface area contributed by atoms with Gasteiger partial charge in [-0.25, -0.2) is 4.90 Å². The Bertz CT molecular complexity index is 880. The Morgan fingerprint density at radius 3 is 2.31 bits per heavy atom. The number of amides is 2. The van der Waals surface area contributed by atoms with E-state index in [-0.39, 0.29) is 40.6 Å². The van der Waals surface area contributed by atoms with Crippen molar-refractivity contribution in [2.24, 2.45) is 5.92 Å². The van der Waals surface area contributed by atoms with Gasteiger partial charge in [-0.05, 0) is 29.8 Å². The summed E-state index contributed by atoms with van der Waals surface area (Å²) >= 11 is 24.9. The maximum Gasteiger partial charge on any atom is 0.239 e. The van der Waals surface area contributed by atoms with E-state index in [1.54, 1.807) is 30.3 Å². The molecule has 8 heteroatoms. The van der Waals surface area contributed by atoms with Gasteiger partial charge in [-0.2, -0.15) is 0 Å². The van der Waals surface area contributed by atoms with E-state index >= 15 is 0 Å². The first kappa shape index (κ1) is 19.5. The van der Waals surface area contributed by atoms with Crippen LogP contribution >= 0.6 is 46.4 Å². The topological polar surface area (TPSA) is 46.6 Å². The molecule has 1 fully saturated rings. The summed E-state index contributed by atoms with van der Waals surface area (Å²) in [5.41, 5.74) is 1.52. The number of rotatable bonds is 4. The molecule has 0 saturated carbocycles. The highest BCUT2D eigenvalue weighted by atomic mass is 35.5. The maximum atomic E-state index is 12.5. The molecule has 1 unspecified atom stereocenters. The summed E-state index contributed by atoms with van der Waals surface area (Å²) < 4.78 is 5.00. The van der Waals surface area contributed by atoms with Crippen molar-refractivity contribution in [1.29, 1.82) is 0 Å². The van der Waals surface area contributed by atoms with Crippen LogP contribution in [0.2, 0.25) is 20.1 Å². The Balaban J connectivity index is 2.03. The molecular weight excluding hydrogens is 420 g/mol. The van der Waals surface area contributed by atoms with Gasteiger partial charge in [0.05, 0.1) is 28.3 Å². The number of halogens is 4. The smallest absolute Gasteiger partial charge is 0.239 e. The largest absolute Gasteiger partial charge is 0.384 e. The van der Waals surface area contributed by atoms with Crippen LogP contribution in [0, 0.1) is 5.92 Å². The van der Waals surface area contributed by atoms with Crippen LogP contribution < -0.4 is 4.90 Å². The molecule has 2 aromatic carbocycles. The van der Waals surface area contributed by atoms with Gasteiger partial charge in [0.2, 0.25) is 11.8 Å². The molecule has 0 bridgehead atoms. The van der Waals surface area contributed by atoms with Crippen molar-refractivity contribution in [2.45, 2.75) is 6.42 Å². The number of anilines is 1. The van der Waals surface area contributed by atoms with Crippen LogP contribution in [-0.2, 0) is 14.3 Å². The lowest BCUT2D eigenvalue weighted by molar-refractivity contribution is -0.122. The van der Waals surface area contributed by atoms with E-state index in [0.29, 0.717) is 21.2 Å². The van der Waals surface area contributed by atoms with Crippen LogP contribution in [0.15, 0.2) is 30.3 Å². The molecule has 0 spiro atoms. The van der Waals surface area contributed by atoms with Crippen molar-refractivity contribution in [3.63, 3.8) is 0 Å². The molecule has 1 heterocycles. The van der Waals surface area contributed by atoms with Gasteiger partial charge in [-0.3, -0.25) is 9.59 Å². The Labute approximate surface area is 170 Å². The number of carbonyl (C=O) groups is 2. The average molecular weight is 433 g/mol. The molecule has 0 aliphatic carbocycles. The molecule has 1 aliphatic heterocycles. The van der Waals surface area contributed by atoms with Gasteiger partial charge >= 0.3 is 0 Å². The normalized spacial score (nSPS) is 17.3. The molecular formula is C18H13Cl4NO3. The summed E-state index contributed by atoms with van der Waals surface area (Å²) in [6.07, 6.45) is 0.0757. The van der Waals surface area contributed by atoms with E-state index < -0.39 is 5.92 Å². The highest BCUT2D eigenvalue weighted by molar-refractivity contribution is 6.46. The van der Waals surface area contributed by atoms with E-state index in [1.165, 1.54) is 7.11 Å². The molecule has 1 saturated heterocycles. The van der Waals surface area contributed by atoms with Crippen LogP contribution in [0.1, 0.15) is 6.42 Å². The third-order valence-corrected chi connectivity index (χ3v) is 5.39. The van der Waals surface area contributed by atoms with Crippen LogP contribution in [0.4, 0.5) is 5.69 Å². The van der Waals surface area contributed by atoms with Crippen LogP contribution in [0.3, 0.4) is 0 Å². The molecule has 0 N–H and O–H groups in total. The average Bonchev–Trinajstić information content (AvgIpc) is 2.84. The zero-order chi connectivity index (χ0) is 19.0. The van der Waals surface area contributed by atoms with E-state index in [0.717, 1.165) is 4.90 Å². The van der Waals surface area contributed by atoms with Gasteiger partial charge in [0.15, 0.2) is 0 Å². The Morgan fingerprint density at radius 2 is 1.69 bits per heavy atom. The molecule has 4 nitrogen and oxygen atoms in total. The third-order valence-electron chi connectivity index (χ3n) is 4.08. The van der Waals surface area contributed by atoms with Crippen molar-refractivity contribution in [2.75, 3.05) is 18.6 Å². The second-order valence-electron chi connectivity index (χ2n) is 5.84. The van der Waals surface area contributed by atoms with Crippen molar-refractivity contribution >= 4 is 63.9 Å². The van der Waals surface area contributed by atoms with Crippen LogP contribution in [0.25, 0.3) is 11.1 Å². The van der Waals surface area contributed by atoms with Gasteiger partial charge in [-0.15, -0.1) is 0 Å². The summed E-state index contributed by atoms with van der Waals surface area (Å²) in [7, 11) is 1.48. The predicted octanol–water partition coefficient (Wildman–Crippen LogP) is 5.49.